The van der Waals surface area contributed by atoms with Crippen molar-refractivity contribution in [2.75, 3.05) is 14.2 Å². The van der Waals surface area contributed by atoms with Crippen LogP contribution in [0.1, 0.15) is 11.1 Å². The predicted molar refractivity (Wildman–Crippen MR) is 59.9 cm³/mol. The van der Waals surface area contributed by atoms with Crippen LogP contribution in [0.3, 0.4) is 0 Å². The molecule has 0 spiro atoms. The van der Waals surface area contributed by atoms with Crippen molar-refractivity contribution in [3.63, 3.8) is 0 Å². The predicted octanol–water partition coefficient (Wildman–Crippen LogP) is 2.92. The Morgan fingerprint density at radius 3 is 2.56 bits per heavy atom. The standard InChI is InChI=1S/C11H11ClF3NO2/c1-16(18-2)10(17)6-7-5-8(11(13,14)15)3-4-9(7)12/h3-5H,6H2,1-2H3. The Hall–Kier alpha value is -1.27. The molecule has 3 nitrogen and oxygen atoms in total. The zero-order valence-electron chi connectivity index (χ0n) is 9.71. The smallest absolute Gasteiger partial charge is 0.275 e. The molecule has 0 saturated carbocycles. The van der Waals surface area contributed by atoms with Gasteiger partial charge in [0.1, 0.15) is 0 Å². The zero-order chi connectivity index (χ0) is 13.9. The second kappa shape index (κ2) is 5.58. The molecule has 1 aromatic carbocycles. The zero-order valence-corrected chi connectivity index (χ0v) is 10.5. The third kappa shape index (κ3) is 3.61. The first-order valence-corrected chi connectivity index (χ1v) is 5.29. The third-order valence-corrected chi connectivity index (χ3v) is 2.71. The van der Waals surface area contributed by atoms with Crippen LogP contribution in [0.4, 0.5) is 13.2 Å². The Morgan fingerprint density at radius 2 is 2.06 bits per heavy atom. The average molecular weight is 282 g/mol. The summed E-state index contributed by atoms with van der Waals surface area (Å²) in [5, 5.41) is 1.04. The molecular weight excluding hydrogens is 271 g/mol. The Balaban J connectivity index is 2.99. The fourth-order valence-electron chi connectivity index (χ4n) is 1.26. The maximum absolute atomic E-state index is 12.5. The first-order chi connectivity index (χ1) is 8.25. The highest BCUT2D eigenvalue weighted by Crippen LogP contribution is 2.32. The van der Waals surface area contributed by atoms with E-state index in [2.05, 4.69) is 4.84 Å². The molecule has 0 aliphatic heterocycles. The average Bonchev–Trinajstić information content (AvgIpc) is 2.29. The van der Waals surface area contributed by atoms with Crippen LogP contribution in [-0.4, -0.2) is 25.1 Å². The van der Waals surface area contributed by atoms with Gasteiger partial charge in [0.05, 0.1) is 19.1 Å². The molecule has 18 heavy (non-hydrogen) atoms. The quantitative estimate of drug-likeness (QED) is 0.797. The molecule has 0 heterocycles. The summed E-state index contributed by atoms with van der Waals surface area (Å²) in [5.41, 5.74) is -0.727. The maximum Gasteiger partial charge on any atom is 0.416 e. The molecule has 100 valence electrons. The van der Waals surface area contributed by atoms with Gasteiger partial charge in [0.2, 0.25) is 5.91 Å². The molecule has 0 aromatic heterocycles. The van der Waals surface area contributed by atoms with E-state index in [0.717, 1.165) is 23.3 Å². The minimum atomic E-state index is -4.46. The van der Waals surface area contributed by atoms with Gasteiger partial charge in [0.15, 0.2) is 0 Å². The molecule has 0 aliphatic rings. The van der Waals surface area contributed by atoms with Crippen LogP contribution in [0.25, 0.3) is 0 Å². The Labute approximate surface area is 107 Å². The fourth-order valence-corrected chi connectivity index (χ4v) is 1.45. The molecule has 0 radical (unpaired) electrons. The monoisotopic (exact) mass is 281 g/mol. The molecule has 0 aliphatic carbocycles. The van der Waals surface area contributed by atoms with E-state index in [4.69, 9.17) is 11.6 Å². The minimum Gasteiger partial charge on any atom is -0.275 e. The van der Waals surface area contributed by atoms with E-state index in [-0.39, 0.29) is 17.0 Å². The van der Waals surface area contributed by atoms with Gasteiger partial charge in [-0.15, -0.1) is 0 Å². The van der Waals surface area contributed by atoms with Crippen molar-refractivity contribution in [3.05, 3.63) is 34.3 Å². The maximum atomic E-state index is 12.5. The van der Waals surface area contributed by atoms with Gasteiger partial charge in [0, 0.05) is 12.1 Å². The van der Waals surface area contributed by atoms with Crippen molar-refractivity contribution >= 4 is 17.5 Å². The van der Waals surface area contributed by atoms with Gasteiger partial charge in [-0.1, -0.05) is 11.6 Å². The second-order valence-electron chi connectivity index (χ2n) is 3.55. The van der Waals surface area contributed by atoms with E-state index in [1.165, 1.54) is 14.2 Å². The molecule has 1 amide bonds. The number of amides is 1. The number of carbonyl (C=O) groups is 1. The first-order valence-electron chi connectivity index (χ1n) is 4.92. The van der Waals surface area contributed by atoms with Gasteiger partial charge in [-0.05, 0) is 23.8 Å². The van der Waals surface area contributed by atoms with Crippen molar-refractivity contribution in [1.29, 1.82) is 0 Å². The van der Waals surface area contributed by atoms with Gasteiger partial charge in [-0.3, -0.25) is 9.63 Å². The number of carbonyl (C=O) groups excluding carboxylic acids is 1. The summed E-state index contributed by atoms with van der Waals surface area (Å²) in [6, 6.07) is 2.86. The number of likely N-dealkylation sites (N-methyl/N-ethyl adjacent to an activating group) is 1. The van der Waals surface area contributed by atoms with Crippen LogP contribution in [0, 0.1) is 0 Å². The van der Waals surface area contributed by atoms with E-state index in [1.54, 1.807) is 0 Å². The molecule has 1 rings (SSSR count). The Morgan fingerprint density at radius 1 is 1.44 bits per heavy atom. The summed E-state index contributed by atoms with van der Waals surface area (Å²) in [5.74, 6) is -0.487. The van der Waals surface area contributed by atoms with Crippen LogP contribution in [0.2, 0.25) is 5.02 Å². The van der Waals surface area contributed by atoms with Crippen molar-refractivity contribution in [2.24, 2.45) is 0 Å². The van der Waals surface area contributed by atoms with Crippen LogP contribution < -0.4 is 0 Å². The van der Waals surface area contributed by atoms with E-state index >= 15 is 0 Å². The normalized spacial score (nSPS) is 11.4. The van der Waals surface area contributed by atoms with Gasteiger partial charge < -0.3 is 0 Å². The summed E-state index contributed by atoms with van der Waals surface area (Å²) in [6.07, 6.45) is -4.72. The number of nitrogens with zero attached hydrogens (tertiary/aromatic N) is 1. The summed E-state index contributed by atoms with van der Waals surface area (Å²) in [4.78, 5) is 16.2. The highest BCUT2D eigenvalue weighted by atomic mass is 35.5. The Bertz CT molecular complexity index is 448. The van der Waals surface area contributed by atoms with Gasteiger partial charge in [0.25, 0.3) is 0 Å². The van der Waals surface area contributed by atoms with Crippen molar-refractivity contribution < 1.29 is 22.8 Å². The summed E-state index contributed by atoms with van der Waals surface area (Å²) in [6.45, 7) is 0. The number of halogens is 4. The first kappa shape index (κ1) is 14.8. The molecule has 0 atom stereocenters. The molecule has 0 saturated heterocycles. The topological polar surface area (TPSA) is 29.5 Å². The lowest BCUT2D eigenvalue weighted by atomic mass is 10.1. The lowest BCUT2D eigenvalue weighted by Crippen LogP contribution is -2.27. The van der Waals surface area contributed by atoms with E-state index in [9.17, 15) is 18.0 Å². The lowest BCUT2D eigenvalue weighted by Gasteiger charge is -2.15. The van der Waals surface area contributed by atoms with Crippen LogP contribution in [0.15, 0.2) is 18.2 Å². The van der Waals surface area contributed by atoms with E-state index in [1.807, 2.05) is 0 Å². The second-order valence-corrected chi connectivity index (χ2v) is 3.96. The number of hydroxylamine groups is 2. The van der Waals surface area contributed by atoms with Gasteiger partial charge in [-0.2, -0.15) is 13.2 Å². The highest BCUT2D eigenvalue weighted by Gasteiger charge is 2.31. The van der Waals surface area contributed by atoms with Crippen LogP contribution in [0.5, 0.6) is 0 Å². The van der Waals surface area contributed by atoms with Crippen molar-refractivity contribution in [2.45, 2.75) is 12.6 Å². The molecule has 0 unspecified atom stereocenters. The largest absolute Gasteiger partial charge is 0.416 e. The SMILES string of the molecule is CON(C)C(=O)Cc1cc(C(F)(F)F)ccc1Cl. The minimum absolute atomic E-state index is 0.111. The summed E-state index contributed by atoms with van der Waals surface area (Å²) >= 11 is 5.76. The molecule has 1 aromatic rings. The highest BCUT2D eigenvalue weighted by molar-refractivity contribution is 6.31. The van der Waals surface area contributed by atoms with Gasteiger partial charge in [-0.25, -0.2) is 5.06 Å². The number of hydrogen-bond donors (Lipinski definition) is 0. The fraction of sp³-hybridized carbons (Fsp3) is 0.364. The number of benzene rings is 1. The van der Waals surface area contributed by atoms with Crippen molar-refractivity contribution in [1.82, 2.24) is 5.06 Å². The van der Waals surface area contributed by atoms with E-state index < -0.39 is 17.6 Å². The van der Waals surface area contributed by atoms with Gasteiger partial charge >= 0.3 is 6.18 Å². The lowest BCUT2D eigenvalue weighted by molar-refractivity contribution is -0.167. The van der Waals surface area contributed by atoms with Crippen LogP contribution >= 0.6 is 11.6 Å². The number of hydrogen-bond acceptors (Lipinski definition) is 2. The van der Waals surface area contributed by atoms with Crippen molar-refractivity contribution in [3.8, 4) is 0 Å². The molecule has 0 fully saturated rings. The molecule has 0 N–H and O–H groups in total. The number of alkyl halides is 3. The summed E-state index contributed by atoms with van der Waals surface area (Å²) in [7, 11) is 2.65. The third-order valence-electron chi connectivity index (χ3n) is 2.34. The molecule has 0 bridgehead atoms. The molecule has 7 heteroatoms. The summed E-state index contributed by atoms with van der Waals surface area (Å²) < 4.78 is 37.5. The van der Waals surface area contributed by atoms with Crippen LogP contribution in [-0.2, 0) is 22.2 Å². The Kier molecular flexibility index (Phi) is 4.59. The number of rotatable bonds is 3. The molecular formula is C11H11ClF3NO2. The van der Waals surface area contributed by atoms with E-state index in [0.29, 0.717) is 0 Å².